The number of rotatable bonds is 4. The van der Waals surface area contributed by atoms with Gasteiger partial charge in [-0.25, -0.2) is 9.67 Å². The van der Waals surface area contributed by atoms with E-state index >= 15 is 0 Å². The van der Waals surface area contributed by atoms with Crippen LogP contribution in [0.25, 0.3) is 16.9 Å². The number of hydrogen-bond donors (Lipinski definition) is 0. The summed E-state index contributed by atoms with van der Waals surface area (Å²) in [5, 5.41) is 12.7. The third-order valence-electron chi connectivity index (χ3n) is 5.16. The van der Waals surface area contributed by atoms with E-state index in [-0.39, 0.29) is 5.91 Å². The highest BCUT2D eigenvalue weighted by atomic mass is 16.2. The molecule has 0 spiro atoms. The summed E-state index contributed by atoms with van der Waals surface area (Å²) in [5.41, 5.74) is 1.88. The molecule has 29 heavy (non-hydrogen) atoms. The Morgan fingerprint density at radius 1 is 0.931 bits per heavy atom. The van der Waals surface area contributed by atoms with Crippen molar-refractivity contribution >= 4 is 22.8 Å². The third-order valence-corrected chi connectivity index (χ3v) is 5.16. The van der Waals surface area contributed by atoms with Gasteiger partial charge in [0.15, 0.2) is 11.6 Å². The van der Waals surface area contributed by atoms with E-state index < -0.39 is 0 Å². The smallest absolute Gasteiger partial charge is 0.242 e. The zero-order valence-corrected chi connectivity index (χ0v) is 15.8. The number of imidazole rings is 1. The van der Waals surface area contributed by atoms with Crippen LogP contribution in [0.2, 0.25) is 0 Å². The molecule has 0 bridgehead atoms. The minimum atomic E-state index is 0.105. The zero-order valence-electron chi connectivity index (χ0n) is 15.8. The number of hydrogen-bond acceptors (Lipinski definition) is 6. The fourth-order valence-corrected chi connectivity index (χ4v) is 3.58. The second-order valence-corrected chi connectivity index (χ2v) is 6.93. The molecule has 3 aromatic heterocycles. The standard InChI is InChI=1S/C20H20N8O/c29-20(14-27-15-21-16-4-1-2-5-17(16)27)26-12-10-25(11-13-26)18-6-7-19(24-23-18)28-9-3-8-22-28/h1-9,15H,10-14H2. The van der Waals surface area contributed by atoms with Crippen molar-refractivity contribution in [2.45, 2.75) is 6.54 Å². The van der Waals surface area contributed by atoms with E-state index in [1.165, 1.54) is 0 Å². The summed E-state index contributed by atoms with van der Waals surface area (Å²) in [6.07, 6.45) is 5.27. The van der Waals surface area contributed by atoms with Crippen LogP contribution in [0.3, 0.4) is 0 Å². The van der Waals surface area contributed by atoms with Gasteiger partial charge in [-0.05, 0) is 30.3 Å². The lowest BCUT2D eigenvalue weighted by Gasteiger charge is -2.35. The van der Waals surface area contributed by atoms with Crippen molar-refractivity contribution in [1.82, 2.24) is 34.4 Å². The van der Waals surface area contributed by atoms with Gasteiger partial charge in [0.1, 0.15) is 6.54 Å². The molecule has 9 nitrogen and oxygen atoms in total. The molecule has 0 unspecified atom stereocenters. The van der Waals surface area contributed by atoms with Crippen LogP contribution >= 0.6 is 0 Å². The third kappa shape index (κ3) is 3.42. The Bertz CT molecular complexity index is 1110. The second-order valence-electron chi connectivity index (χ2n) is 6.93. The molecule has 5 rings (SSSR count). The second kappa shape index (κ2) is 7.34. The number of anilines is 1. The molecular weight excluding hydrogens is 368 g/mol. The Hall–Kier alpha value is -3.75. The molecule has 0 N–H and O–H groups in total. The summed E-state index contributed by atoms with van der Waals surface area (Å²) >= 11 is 0. The molecule has 146 valence electrons. The largest absolute Gasteiger partial charge is 0.352 e. The molecule has 1 aromatic carbocycles. The predicted molar refractivity (Wildman–Crippen MR) is 108 cm³/mol. The molecule has 0 atom stereocenters. The highest BCUT2D eigenvalue weighted by Crippen LogP contribution is 2.16. The van der Waals surface area contributed by atoms with Crippen molar-refractivity contribution in [3.05, 3.63) is 61.2 Å². The molecule has 1 aliphatic rings. The quantitative estimate of drug-likeness (QED) is 0.525. The predicted octanol–water partition coefficient (Wildman–Crippen LogP) is 1.36. The fourth-order valence-electron chi connectivity index (χ4n) is 3.58. The summed E-state index contributed by atoms with van der Waals surface area (Å²) < 4.78 is 3.58. The van der Waals surface area contributed by atoms with Gasteiger partial charge in [-0.3, -0.25) is 4.79 Å². The average Bonchev–Trinajstić information content (AvgIpc) is 3.45. The normalized spacial score (nSPS) is 14.5. The molecule has 0 aliphatic carbocycles. The summed E-state index contributed by atoms with van der Waals surface area (Å²) in [6, 6.07) is 13.5. The van der Waals surface area contributed by atoms with Crippen LogP contribution in [0.4, 0.5) is 5.82 Å². The number of aromatic nitrogens is 6. The Balaban J connectivity index is 1.20. The van der Waals surface area contributed by atoms with Crippen LogP contribution in [0.1, 0.15) is 0 Å². The molecule has 9 heteroatoms. The topological polar surface area (TPSA) is 85.0 Å². The van der Waals surface area contributed by atoms with E-state index in [0.29, 0.717) is 25.5 Å². The van der Waals surface area contributed by atoms with Crippen molar-refractivity contribution in [3.63, 3.8) is 0 Å². The van der Waals surface area contributed by atoms with Gasteiger partial charge < -0.3 is 14.4 Å². The molecule has 0 radical (unpaired) electrons. The maximum atomic E-state index is 12.7. The number of benzene rings is 1. The Morgan fingerprint density at radius 2 is 1.72 bits per heavy atom. The van der Waals surface area contributed by atoms with Crippen LogP contribution in [0.5, 0.6) is 0 Å². The van der Waals surface area contributed by atoms with Crippen molar-refractivity contribution in [3.8, 4) is 5.82 Å². The molecule has 1 fully saturated rings. The van der Waals surface area contributed by atoms with E-state index in [0.717, 1.165) is 29.9 Å². The molecule has 1 aliphatic heterocycles. The zero-order chi connectivity index (χ0) is 19.6. The first kappa shape index (κ1) is 17.4. The van der Waals surface area contributed by atoms with Gasteiger partial charge in [0, 0.05) is 38.6 Å². The van der Waals surface area contributed by atoms with E-state index in [2.05, 4.69) is 25.2 Å². The van der Waals surface area contributed by atoms with Crippen LogP contribution < -0.4 is 4.90 Å². The van der Waals surface area contributed by atoms with E-state index in [9.17, 15) is 4.79 Å². The number of carbonyl (C=O) groups excluding carboxylic acids is 1. The van der Waals surface area contributed by atoms with Crippen LogP contribution in [0.15, 0.2) is 61.2 Å². The number of piperazine rings is 1. The van der Waals surface area contributed by atoms with Gasteiger partial charge in [0.2, 0.25) is 5.91 Å². The monoisotopic (exact) mass is 388 g/mol. The van der Waals surface area contributed by atoms with E-state index in [4.69, 9.17) is 0 Å². The molecule has 1 amide bonds. The highest BCUT2D eigenvalue weighted by Gasteiger charge is 2.22. The Morgan fingerprint density at radius 3 is 2.48 bits per heavy atom. The van der Waals surface area contributed by atoms with Crippen molar-refractivity contribution in [2.75, 3.05) is 31.1 Å². The minimum Gasteiger partial charge on any atom is -0.352 e. The lowest BCUT2D eigenvalue weighted by atomic mass is 10.3. The lowest BCUT2D eigenvalue weighted by molar-refractivity contribution is -0.132. The average molecular weight is 388 g/mol. The van der Waals surface area contributed by atoms with Gasteiger partial charge in [0.25, 0.3) is 0 Å². The Kier molecular flexibility index (Phi) is 4.39. The number of amides is 1. The van der Waals surface area contributed by atoms with Gasteiger partial charge >= 0.3 is 0 Å². The molecule has 4 aromatic rings. The summed E-state index contributed by atoms with van der Waals surface area (Å²) in [7, 11) is 0. The molecular formula is C20H20N8O. The number of nitrogens with zero attached hydrogens (tertiary/aromatic N) is 8. The highest BCUT2D eigenvalue weighted by molar-refractivity contribution is 5.80. The summed E-state index contributed by atoms with van der Waals surface area (Å²) in [6.45, 7) is 3.08. The van der Waals surface area contributed by atoms with Crippen molar-refractivity contribution < 1.29 is 4.79 Å². The number of carbonyl (C=O) groups is 1. The number of para-hydroxylation sites is 2. The van der Waals surface area contributed by atoms with Gasteiger partial charge in [-0.15, -0.1) is 10.2 Å². The SMILES string of the molecule is O=C(Cn1cnc2ccccc21)N1CCN(c2ccc(-n3cccn3)nn2)CC1. The Labute approximate surface area is 167 Å². The van der Waals surface area contributed by atoms with Gasteiger partial charge in [0.05, 0.1) is 17.4 Å². The van der Waals surface area contributed by atoms with Gasteiger partial charge in [-0.1, -0.05) is 12.1 Å². The first-order chi connectivity index (χ1) is 14.3. The first-order valence-electron chi connectivity index (χ1n) is 9.54. The van der Waals surface area contributed by atoms with Crippen LogP contribution in [-0.4, -0.2) is 66.5 Å². The van der Waals surface area contributed by atoms with Gasteiger partial charge in [-0.2, -0.15) is 5.10 Å². The molecule has 1 saturated heterocycles. The maximum Gasteiger partial charge on any atom is 0.242 e. The fraction of sp³-hybridized carbons (Fsp3) is 0.250. The van der Waals surface area contributed by atoms with Crippen molar-refractivity contribution in [2.24, 2.45) is 0 Å². The lowest BCUT2D eigenvalue weighted by Crippen LogP contribution is -2.49. The minimum absolute atomic E-state index is 0.105. The molecule has 4 heterocycles. The summed E-state index contributed by atoms with van der Waals surface area (Å²) in [4.78, 5) is 21.2. The molecule has 0 saturated carbocycles. The summed E-state index contributed by atoms with van der Waals surface area (Å²) in [5.74, 6) is 1.60. The number of fused-ring (bicyclic) bond motifs is 1. The van der Waals surface area contributed by atoms with Crippen LogP contribution in [0, 0.1) is 0 Å². The van der Waals surface area contributed by atoms with Crippen molar-refractivity contribution in [1.29, 1.82) is 0 Å². The first-order valence-corrected chi connectivity index (χ1v) is 9.54. The van der Waals surface area contributed by atoms with Crippen LogP contribution in [-0.2, 0) is 11.3 Å². The maximum absolute atomic E-state index is 12.7. The van der Waals surface area contributed by atoms with E-state index in [1.54, 1.807) is 17.2 Å². The van der Waals surface area contributed by atoms with E-state index in [1.807, 2.05) is 58.1 Å².